The van der Waals surface area contributed by atoms with Crippen molar-refractivity contribution in [3.05, 3.63) is 0 Å². The van der Waals surface area contributed by atoms with Gasteiger partial charge in [-0.05, 0) is 0 Å². The minimum absolute atomic E-state index is 0.0272. The summed E-state index contributed by atoms with van der Waals surface area (Å²) in [5.41, 5.74) is 3.43. The molecule has 1 aliphatic carbocycles. The van der Waals surface area contributed by atoms with Crippen LogP contribution in [0.25, 0.3) is 0 Å². The lowest BCUT2D eigenvalue weighted by Crippen LogP contribution is -2.64. The van der Waals surface area contributed by atoms with E-state index >= 15 is 0 Å². The van der Waals surface area contributed by atoms with Crippen molar-refractivity contribution in [3.63, 3.8) is 0 Å². The van der Waals surface area contributed by atoms with Crippen LogP contribution >= 0.6 is 23.5 Å². The van der Waals surface area contributed by atoms with Gasteiger partial charge in [0.2, 0.25) is 0 Å². The number of hydrogen-bond donors (Lipinski definition) is 9. The van der Waals surface area contributed by atoms with Crippen molar-refractivity contribution in [3.8, 4) is 0 Å². The molecule has 1 aliphatic rings. The Kier molecular flexibility index (Phi) is 32.2. The quantitative estimate of drug-likeness (QED) is 0.0164. The Balaban J connectivity index is 0. The number of hydrogen-bond acceptors (Lipinski definition) is 26. The number of likely N-dealkylation sites (N-methyl/N-ethyl adjacent to an activating group) is 1. The third-order valence-corrected chi connectivity index (χ3v) is 10.4. The first-order chi connectivity index (χ1) is 31.0. The molecule has 0 spiro atoms. The summed E-state index contributed by atoms with van der Waals surface area (Å²) in [5, 5.41) is 48.1. The fourth-order valence-corrected chi connectivity index (χ4v) is 6.91. The number of quaternary nitrogens is 2. The van der Waals surface area contributed by atoms with Crippen LogP contribution in [0.4, 0.5) is 0 Å². The van der Waals surface area contributed by atoms with Gasteiger partial charge in [0.1, 0.15) is 76.2 Å². The number of rotatable bonds is 27. The second-order valence-electron chi connectivity index (χ2n) is 15.0. The molecule has 1 fully saturated rings. The molecule has 1 rings (SSSR count). The summed E-state index contributed by atoms with van der Waals surface area (Å²) >= 11 is 0. The van der Waals surface area contributed by atoms with E-state index < -0.39 is 141 Å². The SMILES string of the molecule is CC(=O)OCC(COP(=O)(O)OC1C(O)C(O)C(O)C(O)C1O)OC(C)=O.CC(=O)OCC(COP(=O)(O)OCC[N+](C)(C)C)OC(C)=O.CC(=O)OCC(COP(=O)(O)OCC[NH3+])OC(C)=O. The van der Waals surface area contributed by atoms with Gasteiger partial charge in [0.05, 0.1) is 47.5 Å². The Morgan fingerprint density at radius 2 is 0.765 bits per heavy atom. The predicted octanol–water partition coefficient (Wildman–Crippen LogP) is -4.02. The summed E-state index contributed by atoms with van der Waals surface area (Å²) in [6.45, 7) is 4.97. The van der Waals surface area contributed by atoms with Crippen LogP contribution in [0.15, 0.2) is 0 Å². The normalized spacial score (nSPS) is 23.0. The predicted molar refractivity (Wildman–Crippen MR) is 221 cm³/mol. The summed E-state index contributed by atoms with van der Waals surface area (Å²) in [6.07, 6.45) is -15.1. The fraction of sp³-hybridized carbons (Fsp3) is 0.824. The summed E-state index contributed by atoms with van der Waals surface area (Å²) in [6, 6.07) is 0. The van der Waals surface area contributed by atoms with Crippen molar-refractivity contribution < 1.29 is 148 Å². The lowest BCUT2D eigenvalue weighted by atomic mass is 9.85. The molecule has 68 heavy (non-hydrogen) atoms. The molecule has 0 radical (unpaired) electrons. The highest BCUT2D eigenvalue weighted by molar-refractivity contribution is 7.47. The highest BCUT2D eigenvalue weighted by Gasteiger charge is 2.51. The maximum Gasteiger partial charge on any atom is 0.472 e. The largest absolute Gasteiger partial charge is 0.472 e. The molecule has 1 saturated carbocycles. The Labute approximate surface area is 390 Å². The Bertz CT molecular complexity index is 1700. The first-order valence-electron chi connectivity index (χ1n) is 19.8. The van der Waals surface area contributed by atoms with Crippen LogP contribution in [0.3, 0.4) is 0 Å². The van der Waals surface area contributed by atoms with E-state index in [9.17, 15) is 82.7 Å². The molecule has 11 N–H and O–H groups in total. The van der Waals surface area contributed by atoms with E-state index in [-0.39, 0.29) is 26.4 Å². The highest BCUT2D eigenvalue weighted by Crippen LogP contribution is 2.47. The van der Waals surface area contributed by atoms with Crippen LogP contribution in [0.2, 0.25) is 0 Å². The van der Waals surface area contributed by atoms with E-state index in [1.165, 1.54) is 13.8 Å². The van der Waals surface area contributed by atoms with E-state index in [0.717, 1.165) is 27.7 Å². The zero-order chi connectivity index (χ0) is 53.2. The number of aliphatic hydroxyl groups excluding tert-OH is 5. The van der Waals surface area contributed by atoms with Crippen molar-refractivity contribution in [1.29, 1.82) is 0 Å². The molecule has 10 atom stereocenters. The molecule has 10 unspecified atom stereocenters. The molecule has 0 saturated heterocycles. The number of nitrogens with zero attached hydrogens (tertiary/aromatic N) is 1. The van der Waals surface area contributed by atoms with Crippen LogP contribution in [-0.4, -0.2) is 223 Å². The van der Waals surface area contributed by atoms with Crippen LogP contribution in [0.5, 0.6) is 0 Å². The number of phosphoric ester groups is 3. The average molecular weight is 1060 g/mol. The lowest BCUT2D eigenvalue weighted by Gasteiger charge is -2.41. The molecule has 400 valence electrons. The summed E-state index contributed by atoms with van der Waals surface area (Å²) in [5.74, 6) is -3.89. The van der Waals surface area contributed by atoms with E-state index in [0.29, 0.717) is 17.6 Å². The molecular weight excluding hydrogens is 993 g/mol. The number of carbonyl (C=O) groups excluding carboxylic acids is 6. The summed E-state index contributed by atoms with van der Waals surface area (Å²) in [7, 11) is -7.78. The molecule has 34 heteroatoms. The van der Waals surface area contributed by atoms with E-state index in [2.05, 4.69) is 38.0 Å². The van der Waals surface area contributed by atoms with Crippen LogP contribution in [0.1, 0.15) is 41.5 Å². The number of carbonyl (C=O) groups is 6. The topological polar surface area (TPSA) is 454 Å². The van der Waals surface area contributed by atoms with Gasteiger partial charge in [-0.2, -0.15) is 0 Å². The van der Waals surface area contributed by atoms with Crippen LogP contribution in [-0.2, 0) is 98.0 Å². The van der Waals surface area contributed by atoms with Gasteiger partial charge in [0.25, 0.3) is 0 Å². The minimum Gasteiger partial charge on any atom is -0.462 e. The number of ether oxygens (including phenoxy) is 6. The number of esters is 6. The Morgan fingerprint density at radius 1 is 0.471 bits per heavy atom. The standard InChI is InChI=1S/C13H23O13P.C12H24NO8P.C9H18NO8P/c1-5(14)23-3-7(25-6(2)15)4-24-27(21,22)26-13-11(19)9(17)8(16)10(18)12(13)20;1-10(14)18-8-12(21-11(2)15)9-20-22(16,17)19-7-6-13(3,4)5;1-7(11)15-5-9(18-8(2)12)6-17-19(13,14)16-4-3-10/h7-13,16-20H,3-4H2,1-2H3,(H,21,22);12H,6-9H2,1-5H3;9H,3-6,10H2,1-2H3,(H,13,14)/p+2. The first-order valence-corrected chi connectivity index (χ1v) is 24.3. The second-order valence-corrected chi connectivity index (χ2v) is 19.3. The third kappa shape index (κ3) is 34.2. The Hall–Kier alpha value is -3.13. The number of phosphoric acid groups is 3. The summed E-state index contributed by atoms with van der Waals surface area (Å²) < 4.78 is 91.7. The van der Waals surface area contributed by atoms with Gasteiger partial charge in [-0.1, -0.05) is 0 Å². The average Bonchev–Trinajstić information content (AvgIpc) is 3.19. The monoisotopic (exact) mass is 1060 g/mol. The molecule has 0 aromatic carbocycles. The molecule has 0 aromatic rings. The van der Waals surface area contributed by atoms with Crippen LogP contribution < -0.4 is 5.73 Å². The van der Waals surface area contributed by atoms with Crippen molar-refractivity contribution >= 4 is 59.3 Å². The molecule has 0 amide bonds. The van der Waals surface area contributed by atoms with Crippen molar-refractivity contribution in [1.82, 2.24) is 0 Å². The molecule has 31 nitrogen and oxygen atoms in total. The zero-order valence-corrected chi connectivity index (χ0v) is 41.6. The molecule has 0 heterocycles. The maximum atomic E-state index is 12.0. The smallest absolute Gasteiger partial charge is 0.462 e. The van der Waals surface area contributed by atoms with Gasteiger partial charge >= 0.3 is 59.3 Å². The van der Waals surface area contributed by atoms with Gasteiger partial charge in [-0.25, -0.2) is 13.7 Å². The molecular formula is C34H67N2O29P3+2. The first kappa shape index (κ1) is 67.0. The van der Waals surface area contributed by atoms with Crippen molar-refractivity contribution in [2.75, 3.05) is 87.1 Å². The van der Waals surface area contributed by atoms with Gasteiger partial charge in [-0.3, -0.25) is 55.9 Å². The highest BCUT2D eigenvalue weighted by atomic mass is 31.2. The van der Waals surface area contributed by atoms with Crippen molar-refractivity contribution in [2.24, 2.45) is 0 Å². The van der Waals surface area contributed by atoms with Gasteiger partial charge < -0.3 is 78.9 Å². The molecule has 0 aliphatic heterocycles. The third-order valence-electron chi connectivity index (χ3n) is 7.43. The maximum absolute atomic E-state index is 12.0. The minimum atomic E-state index is -5.01. The second kappa shape index (κ2) is 32.7. The van der Waals surface area contributed by atoms with Gasteiger partial charge in [0, 0.05) is 41.5 Å². The van der Waals surface area contributed by atoms with Crippen LogP contribution in [0, 0.1) is 0 Å². The van der Waals surface area contributed by atoms with Gasteiger partial charge in [-0.15, -0.1) is 0 Å². The lowest BCUT2D eigenvalue weighted by molar-refractivity contribution is -0.870. The van der Waals surface area contributed by atoms with Crippen molar-refractivity contribution in [2.45, 2.75) is 96.5 Å². The van der Waals surface area contributed by atoms with E-state index in [1.54, 1.807) is 0 Å². The number of aliphatic hydroxyl groups is 5. The summed E-state index contributed by atoms with van der Waals surface area (Å²) in [4.78, 5) is 93.4. The van der Waals surface area contributed by atoms with E-state index in [1.807, 2.05) is 21.1 Å². The van der Waals surface area contributed by atoms with Gasteiger partial charge in [0.15, 0.2) is 18.3 Å². The van der Waals surface area contributed by atoms with E-state index in [4.69, 9.17) is 23.3 Å². The fourth-order valence-electron chi connectivity index (χ4n) is 4.41. The zero-order valence-electron chi connectivity index (χ0n) is 38.9. The molecule has 0 bridgehead atoms. The molecule has 0 aromatic heterocycles. The Morgan fingerprint density at radius 3 is 1.04 bits per heavy atom.